The minimum Gasteiger partial charge on any atom is -0.296 e. The van der Waals surface area contributed by atoms with Crippen molar-refractivity contribution in [3.05, 3.63) is 96.3 Å². The Balaban J connectivity index is 2.17. The lowest BCUT2D eigenvalue weighted by Gasteiger charge is -2.31. The van der Waals surface area contributed by atoms with Gasteiger partial charge in [0.15, 0.2) is 0 Å². The molecule has 0 fully saturated rings. The molecular weight excluding hydrogens is 398 g/mol. The number of nitrogens with one attached hydrogen (secondary N) is 1. The van der Waals surface area contributed by atoms with E-state index in [0.29, 0.717) is 10.6 Å². The average Bonchev–Trinajstić information content (AvgIpc) is 2.73. The molecule has 0 aromatic heterocycles. The predicted octanol–water partition coefficient (Wildman–Crippen LogP) is 4.61. The molecule has 150 valence electrons. The van der Waals surface area contributed by atoms with Crippen LogP contribution in [-0.4, -0.2) is 11.7 Å². The molecule has 0 spiro atoms. The Bertz CT molecular complexity index is 981. The molecule has 0 bridgehead atoms. The summed E-state index contributed by atoms with van der Waals surface area (Å²) in [5, 5.41) is 3.22. The summed E-state index contributed by atoms with van der Waals surface area (Å²) in [6, 6.07) is 18.8. The van der Waals surface area contributed by atoms with E-state index >= 15 is 0 Å². The quantitative estimate of drug-likeness (QED) is 0.571. The predicted molar refractivity (Wildman–Crippen MR) is 108 cm³/mol. The summed E-state index contributed by atoms with van der Waals surface area (Å²) in [6.45, 7) is 0.772. The number of carbonyl (C=O) groups is 1. The van der Waals surface area contributed by atoms with E-state index < -0.39 is 30.9 Å². The highest BCUT2D eigenvalue weighted by molar-refractivity contribution is 7.76. The van der Waals surface area contributed by atoms with E-state index in [4.69, 9.17) is 0 Å². The molecule has 0 aliphatic carbocycles. The Labute approximate surface area is 167 Å². The van der Waals surface area contributed by atoms with Crippen molar-refractivity contribution in [3.8, 4) is 0 Å². The fourth-order valence-corrected chi connectivity index (χ4v) is 5.43. The Morgan fingerprint density at radius 1 is 0.862 bits per heavy atom. The lowest BCUT2D eigenvalue weighted by Crippen LogP contribution is -2.44. The minimum atomic E-state index is -3.86. The van der Waals surface area contributed by atoms with Gasteiger partial charge in [-0.05, 0) is 42.0 Å². The zero-order valence-corrected chi connectivity index (χ0v) is 16.5. The topological polar surface area (TPSA) is 46.2 Å². The highest BCUT2D eigenvalue weighted by Crippen LogP contribution is 2.45. The summed E-state index contributed by atoms with van der Waals surface area (Å²) in [5.74, 6) is -5.85. The van der Waals surface area contributed by atoms with Gasteiger partial charge in [-0.3, -0.25) is 9.36 Å². The maximum atomic E-state index is 14.9. The summed E-state index contributed by atoms with van der Waals surface area (Å²) in [5.41, 5.74) is -0.0429. The molecule has 0 aliphatic rings. The summed E-state index contributed by atoms with van der Waals surface area (Å²) in [4.78, 5) is 11.8. The van der Waals surface area contributed by atoms with Gasteiger partial charge in [0.1, 0.15) is 11.9 Å². The van der Waals surface area contributed by atoms with Gasteiger partial charge in [0.25, 0.3) is 0 Å². The fraction of sp³-hybridized carbons (Fsp3) is 0.136. The van der Waals surface area contributed by atoms with Crippen molar-refractivity contribution in [2.75, 3.05) is 0 Å². The van der Waals surface area contributed by atoms with Crippen molar-refractivity contribution in [2.45, 2.75) is 18.9 Å². The number of hydrogen-bond acceptors (Lipinski definition) is 2. The molecule has 0 amide bonds. The Kier molecular flexibility index (Phi) is 6.06. The lowest BCUT2D eigenvalue weighted by atomic mass is 9.99. The average molecular weight is 417 g/mol. The van der Waals surface area contributed by atoms with E-state index in [2.05, 4.69) is 5.09 Å². The summed E-state index contributed by atoms with van der Waals surface area (Å²) < 4.78 is 57.3. The molecule has 3 nitrogen and oxygen atoms in total. The van der Waals surface area contributed by atoms with Gasteiger partial charge in [0.05, 0.1) is 0 Å². The molecule has 0 saturated heterocycles. The van der Waals surface area contributed by atoms with Gasteiger partial charge in [-0.1, -0.05) is 48.5 Å². The third kappa shape index (κ3) is 4.34. The number of carbonyl (C=O) groups excluding carboxylic acids is 1. The van der Waals surface area contributed by atoms with Crippen molar-refractivity contribution < 1.29 is 22.5 Å². The number of ketones is 1. The van der Waals surface area contributed by atoms with Crippen LogP contribution in [0, 0.1) is 5.82 Å². The van der Waals surface area contributed by atoms with Crippen LogP contribution in [0.1, 0.15) is 18.5 Å². The molecule has 0 radical (unpaired) electrons. The fourth-order valence-electron chi connectivity index (χ4n) is 2.98. The molecule has 1 unspecified atom stereocenters. The molecule has 3 rings (SSSR count). The van der Waals surface area contributed by atoms with Crippen LogP contribution in [0.4, 0.5) is 13.2 Å². The number of alkyl halides is 2. The van der Waals surface area contributed by atoms with Gasteiger partial charge in [-0.15, -0.1) is 0 Å². The number of Topliss-reactive ketones (excluding diaryl/α,β-unsaturated/α-hetero) is 1. The van der Waals surface area contributed by atoms with Crippen LogP contribution in [0.25, 0.3) is 0 Å². The van der Waals surface area contributed by atoms with Crippen LogP contribution < -0.4 is 15.7 Å². The van der Waals surface area contributed by atoms with E-state index in [1.165, 1.54) is 0 Å². The van der Waals surface area contributed by atoms with Crippen molar-refractivity contribution in [3.63, 3.8) is 0 Å². The Morgan fingerprint density at radius 3 is 1.72 bits per heavy atom. The summed E-state index contributed by atoms with van der Waals surface area (Å²) >= 11 is 0. The summed E-state index contributed by atoms with van der Waals surface area (Å²) in [6.07, 6.45) is 0. The normalized spacial score (nSPS) is 13.1. The van der Waals surface area contributed by atoms with Crippen molar-refractivity contribution in [1.82, 2.24) is 5.09 Å². The first-order valence-corrected chi connectivity index (χ1v) is 10.6. The second kappa shape index (κ2) is 8.36. The van der Waals surface area contributed by atoms with Crippen molar-refractivity contribution >= 4 is 23.7 Å². The lowest BCUT2D eigenvalue weighted by molar-refractivity contribution is -0.144. The van der Waals surface area contributed by atoms with E-state index in [0.717, 1.165) is 31.2 Å². The SMILES string of the molecule is CC(=O)C(F)(F)C(NP(=O)(c1ccccc1)c1ccccc1)c1ccc(F)cc1. The van der Waals surface area contributed by atoms with Crippen LogP contribution in [0.5, 0.6) is 0 Å². The van der Waals surface area contributed by atoms with Crippen LogP contribution in [0.2, 0.25) is 0 Å². The maximum absolute atomic E-state index is 14.9. The van der Waals surface area contributed by atoms with Gasteiger partial charge >= 0.3 is 5.92 Å². The third-order valence-electron chi connectivity index (χ3n) is 4.59. The van der Waals surface area contributed by atoms with Gasteiger partial charge in [-0.25, -0.2) is 9.48 Å². The van der Waals surface area contributed by atoms with E-state index in [1.807, 2.05) is 0 Å². The molecule has 0 saturated carbocycles. The smallest absolute Gasteiger partial charge is 0.296 e. The first-order valence-electron chi connectivity index (χ1n) is 8.88. The zero-order chi connectivity index (χ0) is 21.1. The van der Waals surface area contributed by atoms with E-state index in [1.54, 1.807) is 60.7 Å². The maximum Gasteiger partial charge on any atom is 0.324 e. The molecule has 1 N–H and O–H groups in total. The highest BCUT2D eigenvalue weighted by atomic mass is 31.2. The third-order valence-corrected chi connectivity index (χ3v) is 7.26. The molecule has 1 atom stereocenters. The number of rotatable bonds is 7. The van der Waals surface area contributed by atoms with Crippen molar-refractivity contribution in [1.29, 1.82) is 0 Å². The van der Waals surface area contributed by atoms with Gasteiger partial charge in [-0.2, -0.15) is 8.78 Å². The molecule has 29 heavy (non-hydrogen) atoms. The zero-order valence-electron chi connectivity index (χ0n) is 15.6. The monoisotopic (exact) mass is 417 g/mol. The number of halogens is 3. The van der Waals surface area contributed by atoms with Crippen LogP contribution in [-0.2, 0) is 9.36 Å². The minimum absolute atomic E-state index is 0.0429. The van der Waals surface area contributed by atoms with Gasteiger partial charge in [0, 0.05) is 17.5 Å². The van der Waals surface area contributed by atoms with E-state index in [9.17, 15) is 22.5 Å². The largest absolute Gasteiger partial charge is 0.324 e. The molecule has 0 aliphatic heterocycles. The molecular formula is C22H19F3NO2P. The van der Waals surface area contributed by atoms with Crippen LogP contribution in [0.3, 0.4) is 0 Å². The van der Waals surface area contributed by atoms with Gasteiger partial charge < -0.3 is 0 Å². The summed E-state index contributed by atoms with van der Waals surface area (Å²) in [7, 11) is -3.77. The molecule has 7 heteroatoms. The second-order valence-electron chi connectivity index (χ2n) is 6.57. The number of hydrogen-bond donors (Lipinski definition) is 1. The van der Waals surface area contributed by atoms with E-state index in [-0.39, 0.29) is 5.56 Å². The molecule has 3 aromatic carbocycles. The first kappa shape index (κ1) is 21.0. The second-order valence-corrected chi connectivity index (χ2v) is 9.08. The molecule has 0 heterocycles. The number of benzene rings is 3. The van der Waals surface area contributed by atoms with Crippen LogP contribution in [0.15, 0.2) is 84.9 Å². The van der Waals surface area contributed by atoms with Crippen LogP contribution >= 0.6 is 7.29 Å². The highest BCUT2D eigenvalue weighted by Gasteiger charge is 2.48. The Morgan fingerprint density at radius 2 is 1.31 bits per heavy atom. The van der Waals surface area contributed by atoms with Gasteiger partial charge in [0.2, 0.25) is 13.1 Å². The first-order chi connectivity index (χ1) is 13.7. The Hall–Kier alpha value is -2.69. The molecule has 3 aromatic rings. The standard InChI is InChI=1S/C22H19F3NO2P/c1-16(27)22(24,25)21(17-12-14-18(23)15-13-17)26-29(28,19-8-4-2-5-9-19)20-10-6-3-7-11-20/h2-15,21H,1H3,(H,26,28). The van der Waals surface area contributed by atoms with Crippen molar-refractivity contribution in [2.24, 2.45) is 0 Å².